The summed E-state index contributed by atoms with van der Waals surface area (Å²) in [6.45, 7) is 2.25. The molecule has 0 saturated carbocycles. The molecule has 0 saturated heterocycles. The van der Waals surface area contributed by atoms with Crippen molar-refractivity contribution in [2.75, 3.05) is 6.61 Å². The van der Waals surface area contributed by atoms with E-state index in [1.807, 2.05) is 78.9 Å². The van der Waals surface area contributed by atoms with Crippen molar-refractivity contribution in [2.24, 2.45) is 4.99 Å². The number of rotatable bonds is 8. The number of halogens is 1. The number of carbonyl (C=O) groups is 1. The zero-order valence-electron chi connectivity index (χ0n) is 24.1. The summed E-state index contributed by atoms with van der Waals surface area (Å²) < 4.78 is 13.5. The number of carbonyl (C=O) groups excluding carboxylic acids is 1. The van der Waals surface area contributed by atoms with Crippen molar-refractivity contribution < 1.29 is 14.3 Å². The monoisotopic (exact) mass is 631 g/mol. The van der Waals surface area contributed by atoms with E-state index in [1.54, 1.807) is 41.8 Å². The molecule has 1 aliphatic rings. The van der Waals surface area contributed by atoms with Crippen LogP contribution in [0.3, 0.4) is 0 Å². The smallest absolute Gasteiger partial charge is 0.338 e. The summed E-state index contributed by atoms with van der Waals surface area (Å²) in [5.74, 6) is 0.0948. The maximum atomic E-state index is 14.1. The number of aromatic nitrogens is 1. The molecule has 0 N–H and O–H groups in total. The van der Waals surface area contributed by atoms with Crippen LogP contribution in [-0.2, 0) is 16.1 Å². The summed E-state index contributed by atoms with van der Waals surface area (Å²) >= 11 is 7.47. The van der Waals surface area contributed by atoms with Gasteiger partial charge in [0.1, 0.15) is 12.4 Å². The Morgan fingerprint density at radius 3 is 2.49 bits per heavy atom. The molecule has 1 aromatic heterocycles. The van der Waals surface area contributed by atoms with Crippen molar-refractivity contribution in [1.82, 2.24) is 4.57 Å². The lowest BCUT2D eigenvalue weighted by molar-refractivity contribution is -0.138. The third kappa shape index (κ3) is 6.36. The highest BCUT2D eigenvalue weighted by molar-refractivity contribution is 7.07. The Kier molecular flexibility index (Phi) is 8.74. The fourth-order valence-electron chi connectivity index (χ4n) is 5.09. The molecule has 1 atom stereocenters. The summed E-state index contributed by atoms with van der Waals surface area (Å²) in [5, 5.41) is 9.57. The van der Waals surface area contributed by atoms with Gasteiger partial charge in [0.2, 0.25) is 0 Å². The van der Waals surface area contributed by atoms with Crippen LogP contribution in [0.4, 0.5) is 0 Å². The average molecular weight is 632 g/mol. The minimum Gasteiger partial charge on any atom is -0.489 e. The van der Waals surface area contributed by atoms with E-state index in [0.717, 1.165) is 16.7 Å². The second-order valence-electron chi connectivity index (χ2n) is 10.2. The fraction of sp³-hybridized carbons (Fsp3) is 0.111. The molecule has 0 amide bonds. The average Bonchev–Trinajstić information content (AvgIpc) is 3.38. The van der Waals surface area contributed by atoms with E-state index in [0.29, 0.717) is 43.5 Å². The third-order valence-corrected chi connectivity index (χ3v) is 8.44. The lowest BCUT2D eigenvalue weighted by Crippen LogP contribution is -2.40. The molecule has 0 fully saturated rings. The third-order valence-electron chi connectivity index (χ3n) is 7.20. The van der Waals surface area contributed by atoms with Crippen LogP contribution >= 0.6 is 22.9 Å². The molecular formula is C36H26ClN3O4S. The SMILES string of the molecule is CCOC(=O)C1=C(c2ccccc2)N=c2s/c(=C\c3cccc(OCc4ccc(C#N)cc4)c3)c(=O)n2[C@H]1c1ccc(Cl)cc1. The van der Waals surface area contributed by atoms with Crippen LogP contribution in [0, 0.1) is 11.3 Å². The van der Waals surface area contributed by atoms with Crippen LogP contribution in [0.1, 0.15) is 40.8 Å². The van der Waals surface area contributed by atoms with Gasteiger partial charge in [0, 0.05) is 10.6 Å². The molecule has 1 aliphatic heterocycles. The van der Waals surface area contributed by atoms with Crippen molar-refractivity contribution in [3.63, 3.8) is 0 Å². The van der Waals surface area contributed by atoms with Gasteiger partial charge < -0.3 is 9.47 Å². The zero-order valence-corrected chi connectivity index (χ0v) is 25.7. The van der Waals surface area contributed by atoms with Crippen LogP contribution in [0.5, 0.6) is 5.75 Å². The molecule has 0 spiro atoms. The summed E-state index contributed by atoms with van der Waals surface area (Å²) in [6, 6.07) is 32.5. The highest BCUT2D eigenvalue weighted by atomic mass is 35.5. The number of benzene rings is 4. The first-order chi connectivity index (χ1) is 21.9. The number of nitrogens with zero attached hydrogens (tertiary/aromatic N) is 3. The lowest BCUT2D eigenvalue weighted by atomic mass is 9.93. The Bertz CT molecular complexity index is 2130. The van der Waals surface area contributed by atoms with Crippen LogP contribution in [0.2, 0.25) is 5.02 Å². The van der Waals surface area contributed by atoms with E-state index in [-0.39, 0.29) is 17.7 Å². The minimum atomic E-state index is -0.781. The number of fused-ring (bicyclic) bond motifs is 1. The van der Waals surface area contributed by atoms with Crippen LogP contribution in [0.15, 0.2) is 118 Å². The van der Waals surface area contributed by atoms with Crippen LogP contribution in [-0.4, -0.2) is 17.1 Å². The Balaban J connectivity index is 1.45. The van der Waals surface area contributed by atoms with Crippen molar-refractivity contribution in [1.29, 1.82) is 5.26 Å². The maximum Gasteiger partial charge on any atom is 0.338 e. The first-order valence-corrected chi connectivity index (χ1v) is 15.4. The number of ether oxygens (including phenoxy) is 2. The second-order valence-corrected chi connectivity index (χ2v) is 11.6. The topological polar surface area (TPSA) is 93.7 Å². The Morgan fingerprint density at radius 1 is 1.02 bits per heavy atom. The van der Waals surface area contributed by atoms with Gasteiger partial charge in [-0.05, 0) is 66.1 Å². The van der Waals surface area contributed by atoms with E-state index in [1.165, 1.54) is 11.3 Å². The summed E-state index contributed by atoms with van der Waals surface area (Å²) in [5.41, 5.74) is 4.20. The Labute approximate surface area is 268 Å². The molecule has 9 heteroatoms. The highest BCUT2D eigenvalue weighted by Crippen LogP contribution is 2.35. The van der Waals surface area contributed by atoms with Gasteiger partial charge in [-0.15, -0.1) is 0 Å². The van der Waals surface area contributed by atoms with E-state index < -0.39 is 12.0 Å². The molecule has 6 rings (SSSR count). The molecule has 0 radical (unpaired) electrons. The van der Waals surface area contributed by atoms with Gasteiger partial charge in [0.25, 0.3) is 5.56 Å². The molecule has 5 aromatic rings. The molecule has 45 heavy (non-hydrogen) atoms. The Hall–Kier alpha value is -5.23. The minimum absolute atomic E-state index is 0.172. The maximum absolute atomic E-state index is 14.1. The molecule has 7 nitrogen and oxygen atoms in total. The number of esters is 1. The number of hydrogen-bond acceptors (Lipinski definition) is 7. The second kappa shape index (κ2) is 13.2. The van der Waals surface area contributed by atoms with E-state index in [4.69, 9.17) is 31.3 Å². The van der Waals surface area contributed by atoms with Gasteiger partial charge in [-0.1, -0.05) is 89.7 Å². The quantitative estimate of drug-likeness (QED) is 0.195. The number of nitriles is 1. The predicted octanol–water partition coefficient (Wildman–Crippen LogP) is 6.04. The molecule has 2 heterocycles. The fourth-order valence-corrected chi connectivity index (χ4v) is 6.22. The Morgan fingerprint density at radius 2 is 1.78 bits per heavy atom. The summed E-state index contributed by atoms with van der Waals surface area (Å²) in [6.07, 6.45) is 1.80. The van der Waals surface area contributed by atoms with E-state index >= 15 is 0 Å². The first-order valence-electron chi connectivity index (χ1n) is 14.2. The van der Waals surface area contributed by atoms with Gasteiger partial charge in [-0.3, -0.25) is 9.36 Å². The normalized spacial score (nSPS) is 14.3. The largest absolute Gasteiger partial charge is 0.489 e. The number of thiazole rings is 1. The van der Waals surface area contributed by atoms with Crippen molar-refractivity contribution in [3.8, 4) is 11.8 Å². The van der Waals surface area contributed by atoms with Crippen LogP contribution < -0.4 is 19.6 Å². The number of hydrogen-bond donors (Lipinski definition) is 0. The van der Waals surface area contributed by atoms with Gasteiger partial charge >= 0.3 is 5.97 Å². The zero-order chi connectivity index (χ0) is 31.3. The van der Waals surface area contributed by atoms with Crippen molar-refractivity contribution >= 4 is 40.7 Å². The van der Waals surface area contributed by atoms with Crippen LogP contribution in [0.25, 0.3) is 11.8 Å². The molecule has 222 valence electrons. The van der Waals surface area contributed by atoms with Gasteiger partial charge in [-0.2, -0.15) is 5.26 Å². The standard InChI is InChI=1S/C36H26ClN3O4S/c1-2-43-35(42)31-32(26-8-4-3-5-9-26)39-36-40(33(31)27-15-17-28(37)18-16-27)34(41)30(45-36)20-25-7-6-10-29(19-25)44-22-24-13-11-23(21-38)12-14-24/h3-20,33H,2,22H2,1H3/b30-20-/t33-/m0/s1. The molecule has 0 bridgehead atoms. The van der Waals surface area contributed by atoms with E-state index in [9.17, 15) is 9.59 Å². The van der Waals surface area contributed by atoms with Crippen molar-refractivity contribution in [3.05, 3.63) is 161 Å². The molecular weight excluding hydrogens is 606 g/mol. The van der Waals surface area contributed by atoms with Gasteiger partial charge in [-0.25, -0.2) is 9.79 Å². The van der Waals surface area contributed by atoms with Gasteiger partial charge in [0.05, 0.1) is 40.1 Å². The van der Waals surface area contributed by atoms with Gasteiger partial charge in [0.15, 0.2) is 4.80 Å². The highest BCUT2D eigenvalue weighted by Gasteiger charge is 2.35. The summed E-state index contributed by atoms with van der Waals surface area (Å²) in [4.78, 5) is 33.0. The van der Waals surface area contributed by atoms with Crippen molar-refractivity contribution in [2.45, 2.75) is 19.6 Å². The van der Waals surface area contributed by atoms with E-state index in [2.05, 4.69) is 6.07 Å². The predicted molar refractivity (Wildman–Crippen MR) is 174 cm³/mol. The molecule has 4 aromatic carbocycles. The first kappa shape index (κ1) is 29.8. The lowest BCUT2D eigenvalue weighted by Gasteiger charge is -2.25. The summed E-state index contributed by atoms with van der Waals surface area (Å²) in [7, 11) is 0. The molecule has 0 aliphatic carbocycles. The molecule has 0 unspecified atom stereocenters.